The predicted octanol–water partition coefficient (Wildman–Crippen LogP) is 4.06. The summed E-state index contributed by atoms with van der Waals surface area (Å²) in [5.41, 5.74) is 1.63. The first-order valence-corrected chi connectivity index (χ1v) is 7.91. The van der Waals surface area contributed by atoms with E-state index in [2.05, 4.69) is 17.6 Å². The molecule has 1 heterocycles. The molecule has 1 amide bonds. The summed E-state index contributed by atoms with van der Waals surface area (Å²) in [6.45, 7) is 4.46. The Bertz CT molecular complexity index is 491. The monoisotopic (exact) mass is 310 g/mol. The Morgan fingerprint density at radius 2 is 2.29 bits per heavy atom. The van der Waals surface area contributed by atoms with Crippen LogP contribution in [-0.2, 0) is 9.53 Å². The minimum Gasteiger partial charge on any atom is -0.382 e. The quantitative estimate of drug-likeness (QED) is 0.862. The van der Waals surface area contributed by atoms with E-state index in [1.54, 1.807) is 0 Å². The predicted molar refractivity (Wildman–Crippen MR) is 87.0 cm³/mol. The van der Waals surface area contributed by atoms with E-state index in [0.717, 1.165) is 38.0 Å². The van der Waals surface area contributed by atoms with Gasteiger partial charge < -0.3 is 15.4 Å². The molecule has 0 aliphatic carbocycles. The van der Waals surface area contributed by atoms with Crippen molar-refractivity contribution < 1.29 is 9.53 Å². The zero-order chi connectivity index (χ0) is 15.2. The molecule has 2 atom stereocenters. The van der Waals surface area contributed by atoms with E-state index in [4.69, 9.17) is 16.3 Å². The number of benzene rings is 1. The summed E-state index contributed by atoms with van der Waals surface area (Å²) in [7, 11) is 0. The molecule has 0 bridgehead atoms. The fraction of sp³-hybridized carbons (Fsp3) is 0.562. The number of hydrogen-bond acceptors (Lipinski definition) is 3. The molecule has 1 aromatic rings. The summed E-state index contributed by atoms with van der Waals surface area (Å²) in [6, 6.07) is 6.05. The van der Waals surface area contributed by atoms with Gasteiger partial charge >= 0.3 is 0 Å². The van der Waals surface area contributed by atoms with Crippen molar-refractivity contribution in [2.45, 2.75) is 51.7 Å². The Morgan fingerprint density at radius 3 is 2.95 bits per heavy atom. The molecule has 21 heavy (non-hydrogen) atoms. The van der Waals surface area contributed by atoms with E-state index in [1.807, 2.05) is 18.2 Å². The van der Waals surface area contributed by atoms with Gasteiger partial charge in [-0.3, -0.25) is 4.79 Å². The zero-order valence-corrected chi connectivity index (χ0v) is 13.4. The summed E-state index contributed by atoms with van der Waals surface area (Å²) in [5.74, 6) is -0.121. The van der Waals surface area contributed by atoms with Crippen LogP contribution in [0.3, 0.4) is 0 Å². The molecule has 5 heteroatoms. The molecule has 116 valence electrons. The Labute approximate surface area is 131 Å². The number of ether oxygens (including phenoxy) is 1. The summed E-state index contributed by atoms with van der Waals surface area (Å²) < 4.78 is 5.76. The van der Waals surface area contributed by atoms with E-state index < -0.39 is 0 Å². The highest BCUT2D eigenvalue weighted by Crippen LogP contribution is 2.27. The molecule has 0 aromatic heterocycles. The van der Waals surface area contributed by atoms with Crippen molar-refractivity contribution in [2.75, 3.05) is 17.2 Å². The lowest BCUT2D eigenvalue weighted by molar-refractivity contribution is -0.114. The third-order valence-electron chi connectivity index (χ3n) is 3.63. The highest BCUT2D eigenvalue weighted by molar-refractivity contribution is 6.34. The van der Waals surface area contributed by atoms with Crippen LogP contribution in [0.4, 0.5) is 11.4 Å². The molecule has 2 unspecified atom stereocenters. The molecule has 1 aromatic carbocycles. The first-order valence-electron chi connectivity index (χ1n) is 7.53. The number of rotatable bonds is 5. The van der Waals surface area contributed by atoms with Gasteiger partial charge in [-0.15, -0.1) is 0 Å². The average Bonchev–Trinajstić information content (AvgIpc) is 2.42. The first kappa shape index (κ1) is 16.1. The maximum Gasteiger partial charge on any atom is 0.221 e. The molecule has 0 spiro atoms. The highest BCUT2D eigenvalue weighted by atomic mass is 35.5. The topological polar surface area (TPSA) is 50.4 Å². The average molecular weight is 311 g/mol. The van der Waals surface area contributed by atoms with Crippen LogP contribution in [-0.4, -0.2) is 24.7 Å². The second-order valence-electron chi connectivity index (χ2n) is 5.52. The van der Waals surface area contributed by atoms with Crippen molar-refractivity contribution in [3.05, 3.63) is 23.2 Å². The second-order valence-corrected chi connectivity index (χ2v) is 5.93. The van der Waals surface area contributed by atoms with Gasteiger partial charge in [0, 0.05) is 25.3 Å². The molecule has 1 saturated heterocycles. The number of anilines is 2. The van der Waals surface area contributed by atoms with Crippen LogP contribution in [0.1, 0.15) is 39.5 Å². The summed E-state index contributed by atoms with van der Waals surface area (Å²) >= 11 is 6.19. The smallest absolute Gasteiger partial charge is 0.221 e. The molecule has 1 fully saturated rings. The minimum atomic E-state index is -0.121. The van der Waals surface area contributed by atoms with Gasteiger partial charge in [0.15, 0.2) is 0 Å². The Kier molecular flexibility index (Phi) is 5.88. The van der Waals surface area contributed by atoms with Gasteiger partial charge in [-0.2, -0.15) is 0 Å². The van der Waals surface area contributed by atoms with Crippen molar-refractivity contribution in [3.63, 3.8) is 0 Å². The maximum atomic E-state index is 11.1. The highest BCUT2D eigenvalue weighted by Gasteiger charge is 2.21. The lowest BCUT2D eigenvalue weighted by atomic mass is 10.00. The van der Waals surface area contributed by atoms with Gasteiger partial charge in [0.05, 0.1) is 16.8 Å². The lowest BCUT2D eigenvalue weighted by Crippen LogP contribution is -2.33. The number of nitrogens with one attached hydrogen (secondary N) is 2. The van der Waals surface area contributed by atoms with Crippen LogP contribution in [0.2, 0.25) is 5.02 Å². The van der Waals surface area contributed by atoms with Gasteiger partial charge in [0.2, 0.25) is 5.91 Å². The maximum absolute atomic E-state index is 11.1. The van der Waals surface area contributed by atoms with Gasteiger partial charge in [-0.1, -0.05) is 24.9 Å². The molecule has 0 radical (unpaired) electrons. The zero-order valence-electron chi connectivity index (χ0n) is 12.6. The van der Waals surface area contributed by atoms with E-state index in [9.17, 15) is 4.79 Å². The van der Waals surface area contributed by atoms with E-state index in [-0.39, 0.29) is 5.91 Å². The fourth-order valence-corrected chi connectivity index (χ4v) is 2.89. The SMILES string of the molecule is CCCC1CC(Nc2ccc(NC(C)=O)c(Cl)c2)CCO1. The van der Waals surface area contributed by atoms with Crippen molar-refractivity contribution in [2.24, 2.45) is 0 Å². The van der Waals surface area contributed by atoms with Crippen molar-refractivity contribution in [3.8, 4) is 0 Å². The molecular weight excluding hydrogens is 288 g/mol. The number of hydrogen-bond donors (Lipinski definition) is 2. The van der Waals surface area contributed by atoms with Crippen LogP contribution in [0.15, 0.2) is 18.2 Å². The van der Waals surface area contributed by atoms with Gasteiger partial charge in [0.1, 0.15) is 0 Å². The number of carbonyl (C=O) groups is 1. The van der Waals surface area contributed by atoms with Gasteiger partial charge in [-0.25, -0.2) is 0 Å². The van der Waals surface area contributed by atoms with E-state index in [1.165, 1.54) is 6.92 Å². The molecule has 2 N–H and O–H groups in total. The third kappa shape index (κ3) is 4.90. The largest absolute Gasteiger partial charge is 0.382 e. The van der Waals surface area contributed by atoms with Crippen LogP contribution in [0.25, 0.3) is 0 Å². The van der Waals surface area contributed by atoms with Crippen molar-refractivity contribution in [1.82, 2.24) is 0 Å². The Hall–Kier alpha value is -1.26. The van der Waals surface area contributed by atoms with E-state index in [0.29, 0.717) is 22.9 Å². The molecular formula is C16H23ClN2O2. The van der Waals surface area contributed by atoms with Crippen LogP contribution < -0.4 is 10.6 Å². The van der Waals surface area contributed by atoms with Gasteiger partial charge in [0.25, 0.3) is 0 Å². The second kappa shape index (κ2) is 7.66. The number of amides is 1. The molecule has 4 nitrogen and oxygen atoms in total. The van der Waals surface area contributed by atoms with Crippen LogP contribution in [0, 0.1) is 0 Å². The molecule has 1 aliphatic rings. The third-order valence-corrected chi connectivity index (χ3v) is 3.94. The summed E-state index contributed by atoms with van der Waals surface area (Å²) in [5, 5.41) is 6.77. The van der Waals surface area contributed by atoms with Crippen LogP contribution >= 0.6 is 11.6 Å². The number of carbonyl (C=O) groups excluding carboxylic acids is 1. The van der Waals surface area contributed by atoms with Crippen molar-refractivity contribution in [1.29, 1.82) is 0 Å². The molecule has 2 rings (SSSR count). The van der Waals surface area contributed by atoms with Crippen molar-refractivity contribution >= 4 is 28.9 Å². The number of halogens is 1. The molecule has 1 aliphatic heterocycles. The minimum absolute atomic E-state index is 0.121. The Balaban J connectivity index is 1.96. The summed E-state index contributed by atoms with van der Waals surface area (Å²) in [6.07, 6.45) is 4.65. The van der Waals surface area contributed by atoms with Crippen LogP contribution in [0.5, 0.6) is 0 Å². The first-order chi connectivity index (χ1) is 10.1. The Morgan fingerprint density at radius 1 is 1.48 bits per heavy atom. The summed E-state index contributed by atoms with van der Waals surface area (Å²) in [4.78, 5) is 11.1. The lowest BCUT2D eigenvalue weighted by Gasteiger charge is -2.30. The standard InChI is InChI=1S/C16H23ClN2O2/c1-3-4-14-9-13(7-8-21-14)19-12-5-6-16(15(17)10-12)18-11(2)20/h5-6,10,13-14,19H,3-4,7-9H2,1-2H3,(H,18,20). The van der Waals surface area contributed by atoms with E-state index >= 15 is 0 Å². The van der Waals surface area contributed by atoms with Gasteiger partial charge in [-0.05, 0) is 37.5 Å². The normalized spacial score (nSPS) is 21.9. The molecule has 0 saturated carbocycles. The fourth-order valence-electron chi connectivity index (χ4n) is 2.67.